The van der Waals surface area contributed by atoms with Gasteiger partial charge in [0.25, 0.3) is 0 Å². The monoisotopic (exact) mass is 154 g/mol. The molecule has 0 saturated carbocycles. The molecule has 11 heavy (non-hydrogen) atoms. The Hall–Kier alpha value is -1.03. The number of hydrogen-bond acceptors (Lipinski definition) is 0. The number of hydrogen-bond donors (Lipinski definition) is 0. The topological polar surface area (TPSA) is 0 Å². The van der Waals surface area contributed by atoms with E-state index in [1.807, 2.05) is 13.8 Å². The van der Waals surface area contributed by atoms with Gasteiger partial charge in [-0.15, -0.1) is 6.42 Å². The summed E-state index contributed by atoms with van der Waals surface area (Å²) in [7, 11) is 0. The number of alkyl halides is 1. The van der Waals surface area contributed by atoms with Crippen LogP contribution in [0.4, 0.5) is 4.39 Å². The lowest BCUT2D eigenvalue weighted by Gasteiger charge is -1.78. The van der Waals surface area contributed by atoms with E-state index in [1.54, 1.807) is 13.0 Å². The summed E-state index contributed by atoms with van der Waals surface area (Å²) in [4.78, 5) is 0. The van der Waals surface area contributed by atoms with Crippen LogP contribution in [0, 0.1) is 12.3 Å². The van der Waals surface area contributed by atoms with Gasteiger partial charge in [0.1, 0.15) is 6.67 Å². The normalized spacial score (nSPS) is 6.82. The third kappa shape index (κ3) is 27.6. The van der Waals surface area contributed by atoms with Gasteiger partial charge in [-0.1, -0.05) is 24.1 Å². The van der Waals surface area contributed by atoms with E-state index in [9.17, 15) is 4.39 Å². The molecule has 0 aliphatic carbocycles. The van der Waals surface area contributed by atoms with Gasteiger partial charge in [-0.3, -0.25) is 0 Å². The van der Waals surface area contributed by atoms with Gasteiger partial charge in [-0.25, -0.2) is 4.39 Å². The summed E-state index contributed by atoms with van der Waals surface area (Å²) in [6.07, 6.45) is 6.36. The average molecular weight is 154 g/mol. The zero-order chi connectivity index (χ0) is 9.28. The van der Waals surface area contributed by atoms with E-state index in [4.69, 9.17) is 6.42 Å². The number of allylic oxidation sites excluding steroid dienone is 3. The maximum atomic E-state index is 11.2. The summed E-state index contributed by atoms with van der Waals surface area (Å²) in [5.74, 6) is 2.33. The minimum absolute atomic E-state index is 0.331. The maximum Gasteiger partial charge on any atom is 0.108 e. The third-order valence-corrected chi connectivity index (χ3v) is 0.732. The highest BCUT2D eigenvalue weighted by Gasteiger charge is 1.69. The van der Waals surface area contributed by atoms with Crippen molar-refractivity contribution in [3.05, 3.63) is 23.8 Å². The van der Waals surface area contributed by atoms with Crippen molar-refractivity contribution >= 4 is 0 Å². The fourth-order valence-electron chi connectivity index (χ4n) is 0.154. The predicted octanol–water partition coefficient (Wildman–Crippen LogP) is 3.12. The summed E-state index contributed by atoms with van der Waals surface area (Å²) in [5, 5.41) is 0. The zero-order valence-corrected chi connectivity index (χ0v) is 7.45. The Labute approximate surface area is 68.8 Å². The van der Waals surface area contributed by atoms with E-state index in [-0.39, 0.29) is 6.67 Å². The zero-order valence-electron chi connectivity index (χ0n) is 7.45. The molecule has 62 valence electrons. The molecule has 1 heteroatoms. The largest absolute Gasteiger partial charge is 0.247 e. The Morgan fingerprint density at radius 1 is 1.55 bits per heavy atom. The fraction of sp³-hybridized carbons (Fsp3) is 0.400. The first-order chi connectivity index (χ1) is 5.04. The van der Waals surface area contributed by atoms with Crippen LogP contribution in [0.25, 0.3) is 0 Å². The maximum absolute atomic E-state index is 11.2. The molecule has 0 aromatic heterocycles. The molecule has 0 aliphatic heterocycles. The second kappa shape index (κ2) is 8.97. The van der Waals surface area contributed by atoms with Crippen LogP contribution < -0.4 is 0 Å². The van der Waals surface area contributed by atoms with Crippen molar-refractivity contribution in [1.29, 1.82) is 0 Å². The molecule has 0 aliphatic rings. The minimum atomic E-state index is -0.331. The molecule has 0 fully saturated rings. The smallest absolute Gasteiger partial charge is 0.108 e. The molecule has 0 aromatic carbocycles. The van der Waals surface area contributed by atoms with Gasteiger partial charge in [-0.2, -0.15) is 0 Å². The second-order valence-corrected chi connectivity index (χ2v) is 2.36. The van der Waals surface area contributed by atoms with Crippen LogP contribution in [0.1, 0.15) is 20.8 Å². The van der Waals surface area contributed by atoms with Crippen LogP contribution >= 0.6 is 0 Å². The first-order valence-corrected chi connectivity index (χ1v) is 3.36. The lowest BCUT2D eigenvalue weighted by Crippen LogP contribution is -1.64. The van der Waals surface area contributed by atoms with Gasteiger partial charge in [0.15, 0.2) is 0 Å². The molecule has 0 saturated heterocycles. The SMILES string of the molecule is C#CC(=C)C.CC(C)=CCF. The Kier molecular flexibility index (Phi) is 10.3. The molecular weight excluding hydrogens is 139 g/mol. The van der Waals surface area contributed by atoms with E-state index in [0.717, 1.165) is 11.1 Å². The summed E-state index contributed by atoms with van der Waals surface area (Å²) in [5.41, 5.74) is 1.82. The van der Waals surface area contributed by atoms with Crippen LogP contribution in [0.15, 0.2) is 23.8 Å². The lowest BCUT2D eigenvalue weighted by atomic mass is 10.3. The Balaban J connectivity index is 0. The molecule has 0 spiro atoms. The number of rotatable bonds is 1. The summed E-state index contributed by atoms with van der Waals surface area (Å²) < 4.78 is 11.2. The Bertz CT molecular complexity index is 166. The summed E-state index contributed by atoms with van der Waals surface area (Å²) >= 11 is 0. The van der Waals surface area contributed by atoms with E-state index < -0.39 is 0 Å². The van der Waals surface area contributed by atoms with Crippen molar-refractivity contribution in [3.63, 3.8) is 0 Å². The van der Waals surface area contributed by atoms with Crippen LogP contribution in [-0.2, 0) is 0 Å². The second-order valence-electron chi connectivity index (χ2n) is 2.36. The molecule has 0 rings (SSSR count). The van der Waals surface area contributed by atoms with E-state index in [2.05, 4.69) is 12.5 Å². The number of halogens is 1. The molecule has 0 heterocycles. The molecule has 0 N–H and O–H groups in total. The van der Waals surface area contributed by atoms with Gasteiger partial charge >= 0.3 is 0 Å². The summed E-state index contributed by atoms with van der Waals surface area (Å²) in [6.45, 7) is 8.65. The van der Waals surface area contributed by atoms with E-state index in [0.29, 0.717) is 0 Å². The van der Waals surface area contributed by atoms with Crippen molar-refractivity contribution in [1.82, 2.24) is 0 Å². The van der Waals surface area contributed by atoms with Crippen molar-refractivity contribution in [2.75, 3.05) is 6.67 Å². The first-order valence-electron chi connectivity index (χ1n) is 3.36. The molecule has 0 bridgehead atoms. The van der Waals surface area contributed by atoms with Crippen LogP contribution in [0.2, 0.25) is 0 Å². The lowest BCUT2D eigenvalue weighted by molar-refractivity contribution is 0.560. The van der Waals surface area contributed by atoms with E-state index in [1.165, 1.54) is 0 Å². The highest BCUT2D eigenvalue weighted by molar-refractivity contribution is 5.17. The third-order valence-electron chi connectivity index (χ3n) is 0.732. The van der Waals surface area contributed by atoms with Gasteiger partial charge in [0, 0.05) is 0 Å². The highest BCUT2D eigenvalue weighted by Crippen LogP contribution is 1.85. The van der Waals surface area contributed by atoms with Crippen molar-refractivity contribution in [3.8, 4) is 12.3 Å². The molecule has 0 amide bonds. The van der Waals surface area contributed by atoms with Crippen molar-refractivity contribution in [2.45, 2.75) is 20.8 Å². The molecule has 0 nitrogen and oxygen atoms in total. The standard InChI is InChI=1S/C5H9F.C5H6/c1-5(2)3-4-6;1-4-5(2)3/h3H,4H2,1-2H3;1H,2H2,3H3. The van der Waals surface area contributed by atoms with Crippen LogP contribution in [0.5, 0.6) is 0 Å². The molecular formula is C10H15F. The molecule has 0 unspecified atom stereocenters. The van der Waals surface area contributed by atoms with Gasteiger partial charge in [-0.05, 0) is 26.3 Å². The first kappa shape index (κ1) is 12.6. The Morgan fingerprint density at radius 2 is 1.91 bits per heavy atom. The van der Waals surface area contributed by atoms with Gasteiger partial charge in [0.2, 0.25) is 0 Å². The summed E-state index contributed by atoms with van der Waals surface area (Å²) in [6, 6.07) is 0. The van der Waals surface area contributed by atoms with E-state index >= 15 is 0 Å². The average Bonchev–Trinajstić information content (AvgIpc) is 1.89. The highest BCUT2D eigenvalue weighted by atomic mass is 19.1. The van der Waals surface area contributed by atoms with Gasteiger partial charge in [0.05, 0.1) is 0 Å². The quantitative estimate of drug-likeness (QED) is 0.402. The van der Waals surface area contributed by atoms with Crippen molar-refractivity contribution in [2.24, 2.45) is 0 Å². The fourth-order valence-corrected chi connectivity index (χ4v) is 0.154. The van der Waals surface area contributed by atoms with Crippen LogP contribution in [-0.4, -0.2) is 6.67 Å². The van der Waals surface area contributed by atoms with Crippen LogP contribution in [0.3, 0.4) is 0 Å². The van der Waals surface area contributed by atoms with Crippen molar-refractivity contribution < 1.29 is 4.39 Å². The minimum Gasteiger partial charge on any atom is -0.247 e. The number of terminal acetylenes is 1. The molecule has 0 atom stereocenters. The van der Waals surface area contributed by atoms with Gasteiger partial charge < -0.3 is 0 Å². The predicted molar refractivity (Wildman–Crippen MR) is 49.1 cm³/mol. The Morgan fingerprint density at radius 3 is 1.91 bits per heavy atom. The molecule has 0 radical (unpaired) electrons. The molecule has 0 aromatic rings.